The van der Waals surface area contributed by atoms with Crippen LogP contribution in [0.5, 0.6) is 0 Å². The molecule has 23 heavy (non-hydrogen) atoms. The maximum atomic E-state index is 12.4. The van der Waals surface area contributed by atoms with E-state index < -0.39 is 5.91 Å². The molecule has 0 saturated carbocycles. The zero-order chi connectivity index (χ0) is 16.4. The fourth-order valence-corrected chi connectivity index (χ4v) is 2.48. The van der Waals surface area contributed by atoms with Gasteiger partial charge in [0.25, 0.3) is 5.91 Å². The van der Waals surface area contributed by atoms with E-state index in [1.807, 2.05) is 25.1 Å². The van der Waals surface area contributed by atoms with Crippen molar-refractivity contribution in [2.24, 2.45) is 0 Å². The normalized spacial score (nSPS) is 16.2. The molecule has 1 aliphatic rings. The Morgan fingerprint density at radius 3 is 2.30 bits per heavy atom. The van der Waals surface area contributed by atoms with Crippen molar-refractivity contribution < 1.29 is 14.4 Å². The summed E-state index contributed by atoms with van der Waals surface area (Å²) in [5.41, 5.74) is 2.30. The predicted molar refractivity (Wildman–Crippen MR) is 87.1 cm³/mol. The fraction of sp³-hybridized carbons (Fsp3) is 0.105. The highest BCUT2D eigenvalue weighted by Crippen LogP contribution is 2.26. The summed E-state index contributed by atoms with van der Waals surface area (Å²) in [6, 6.07) is 15.8. The minimum atomic E-state index is -0.429. The van der Waals surface area contributed by atoms with Gasteiger partial charge < -0.3 is 0 Å². The maximum absolute atomic E-state index is 12.4. The molecule has 0 bridgehead atoms. The predicted octanol–water partition coefficient (Wildman–Crippen LogP) is 3.07. The van der Waals surface area contributed by atoms with Gasteiger partial charge in [-0.15, -0.1) is 0 Å². The van der Waals surface area contributed by atoms with Crippen LogP contribution in [0.1, 0.15) is 22.3 Å². The molecule has 1 fully saturated rings. The molecule has 2 amide bonds. The number of benzene rings is 2. The first-order valence-corrected chi connectivity index (χ1v) is 7.30. The number of hydrogen-bond acceptors (Lipinski definition) is 3. The minimum absolute atomic E-state index is 0.0503. The molecule has 1 saturated heterocycles. The molecule has 0 atom stereocenters. The van der Waals surface area contributed by atoms with E-state index in [1.165, 1.54) is 6.08 Å². The van der Waals surface area contributed by atoms with Crippen LogP contribution >= 0.6 is 0 Å². The number of para-hydroxylation sites is 1. The monoisotopic (exact) mass is 305 g/mol. The first-order valence-electron chi connectivity index (χ1n) is 7.30. The summed E-state index contributed by atoms with van der Waals surface area (Å²) in [5.74, 6) is -1.01. The first-order chi connectivity index (χ1) is 11.1. The lowest BCUT2D eigenvalue weighted by molar-refractivity contribution is -0.120. The molecule has 3 rings (SSSR count). The van der Waals surface area contributed by atoms with Gasteiger partial charge in [0.05, 0.1) is 12.1 Å². The zero-order valence-corrected chi connectivity index (χ0v) is 12.7. The van der Waals surface area contributed by atoms with Gasteiger partial charge in [-0.1, -0.05) is 48.0 Å². The smallest absolute Gasteiger partial charge is 0.261 e. The van der Waals surface area contributed by atoms with Gasteiger partial charge in [-0.25, -0.2) is 4.90 Å². The number of ketones is 1. The Kier molecular flexibility index (Phi) is 3.89. The number of anilines is 1. The molecule has 0 spiro atoms. The Morgan fingerprint density at radius 2 is 1.65 bits per heavy atom. The molecule has 1 heterocycles. The maximum Gasteiger partial charge on any atom is 0.261 e. The van der Waals surface area contributed by atoms with Crippen molar-refractivity contribution in [2.75, 3.05) is 4.90 Å². The van der Waals surface area contributed by atoms with Gasteiger partial charge in [-0.2, -0.15) is 0 Å². The van der Waals surface area contributed by atoms with Gasteiger partial charge in [0.15, 0.2) is 5.78 Å². The Labute approximate surface area is 134 Å². The number of amides is 2. The summed E-state index contributed by atoms with van der Waals surface area (Å²) < 4.78 is 0. The third-order valence-electron chi connectivity index (χ3n) is 3.72. The third-order valence-corrected chi connectivity index (χ3v) is 3.72. The highest BCUT2D eigenvalue weighted by Gasteiger charge is 2.35. The van der Waals surface area contributed by atoms with Crippen molar-refractivity contribution in [1.29, 1.82) is 0 Å². The van der Waals surface area contributed by atoms with Crippen molar-refractivity contribution in [3.8, 4) is 0 Å². The van der Waals surface area contributed by atoms with E-state index >= 15 is 0 Å². The van der Waals surface area contributed by atoms with Crippen LogP contribution in [0.25, 0.3) is 0 Å². The Balaban J connectivity index is 1.87. The van der Waals surface area contributed by atoms with E-state index in [-0.39, 0.29) is 23.7 Å². The number of carbonyl (C=O) groups is 3. The SMILES string of the molecule is Cc1ccc(C(=O)/C=C2/CC(=O)N(c3ccccc3)C2=O)cc1. The summed E-state index contributed by atoms with van der Waals surface area (Å²) >= 11 is 0. The molecule has 1 aliphatic heterocycles. The van der Waals surface area contributed by atoms with Crippen LogP contribution in [0.4, 0.5) is 5.69 Å². The van der Waals surface area contributed by atoms with Crippen LogP contribution in [0.2, 0.25) is 0 Å². The lowest BCUT2D eigenvalue weighted by Crippen LogP contribution is -2.28. The number of carbonyl (C=O) groups excluding carboxylic acids is 3. The molecule has 4 heteroatoms. The van der Waals surface area contributed by atoms with Gasteiger partial charge in [0, 0.05) is 11.1 Å². The number of imide groups is 1. The van der Waals surface area contributed by atoms with E-state index in [2.05, 4.69) is 0 Å². The van der Waals surface area contributed by atoms with E-state index in [1.54, 1.807) is 36.4 Å². The molecule has 2 aromatic rings. The Morgan fingerprint density at radius 1 is 1.00 bits per heavy atom. The number of hydrogen-bond donors (Lipinski definition) is 0. The standard InChI is InChI=1S/C19H15NO3/c1-13-7-9-14(10-8-13)17(21)11-15-12-18(22)20(19(15)23)16-5-3-2-4-6-16/h2-11H,12H2,1H3/b15-11-. The summed E-state index contributed by atoms with van der Waals surface area (Å²) in [6.45, 7) is 1.93. The molecule has 0 radical (unpaired) electrons. The quantitative estimate of drug-likeness (QED) is 0.497. The van der Waals surface area contributed by atoms with Crippen LogP contribution < -0.4 is 4.90 Å². The molecule has 0 aromatic heterocycles. The van der Waals surface area contributed by atoms with Crippen LogP contribution in [0.3, 0.4) is 0 Å². The van der Waals surface area contributed by atoms with Gasteiger partial charge in [-0.3, -0.25) is 14.4 Å². The average Bonchev–Trinajstić information content (AvgIpc) is 2.82. The second kappa shape index (κ2) is 6.01. The van der Waals surface area contributed by atoms with Gasteiger partial charge in [0.2, 0.25) is 5.91 Å². The van der Waals surface area contributed by atoms with E-state index in [0.29, 0.717) is 11.3 Å². The summed E-state index contributed by atoms with van der Waals surface area (Å²) in [7, 11) is 0. The topological polar surface area (TPSA) is 54.5 Å². The molecule has 114 valence electrons. The number of nitrogens with zero attached hydrogens (tertiary/aromatic N) is 1. The lowest BCUT2D eigenvalue weighted by atomic mass is 10.1. The van der Waals surface area contributed by atoms with Crippen molar-refractivity contribution >= 4 is 23.3 Å². The highest BCUT2D eigenvalue weighted by atomic mass is 16.2. The first kappa shape index (κ1) is 14.9. The fourth-order valence-electron chi connectivity index (χ4n) is 2.48. The Bertz CT molecular complexity index is 804. The van der Waals surface area contributed by atoms with Crippen LogP contribution in [-0.2, 0) is 9.59 Å². The van der Waals surface area contributed by atoms with Crippen molar-refractivity contribution in [3.05, 3.63) is 77.4 Å². The molecule has 0 aliphatic carbocycles. The molecule has 0 N–H and O–H groups in total. The zero-order valence-electron chi connectivity index (χ0n) is 12.7. The second-order valence-corrected chi connectivity index (χ2v) is 5.45. The number of aryl methyl sites for hydroxylation is 1. The number of rotatable bonds is 3. The van der Waals surface area contributed by atoms with Crippen molar-refractivity contribution in [1.82, 2.24) is 0 Å². The van der Waals surface area contributed by atoms with Crippen molar-refractivity contribution in [3.63, 3.8) is 0 Å². The molecule has 0 unspecified atom stereocenters. The minimum Gasteiger partial charge on any atom is -0.289 e. The largest absolute Gasteiger partial charge is 0.289 e. The van der Waals surface area contributed by atoms with Gasteiger partial charge in [-0.05, 0) is 25.1 Å². The summed E-state index contributed by atoms with van der Waals surface area (Å²) in [6.07, 6.45) is 1.22. The second-order valence-electron chi connectivity index (χ2n) is 5.45. The molecule has 2 aromatic carbocycles. The summed E-state index contributed by atoms with van der Waals surface area (Å²) in [4.78, 5) is 37.9. The Hall–Kier alpha value is -3.01. The third kappa shape index (κ3) is 2.97. The number of allylic oxidation sites excluding steroid dienone is 1. The molecular formula is C19H15NO3. The van der Waals surface area contributed by atoms with Crippen molar-refractivity contribution in [2.45, 2.75) is 13.3 Å². The van der Waals surface area contributed by atoms with Gasteiger partial charge in [0.1, 0.15) is 0 Å². The van der Waals surface area contributed by atoms with E-state index in [4.69, 9.17) is 0 Å². The highest BCUT2D eigenvalue weighted by molar-refractivity contribution is 6.29. The van der Waals surface area contributed by atoms with Gasteiger partial charge >= 0.3 is 0 Å². The lowest BCUT2D eigenvalue weighted by Gasteiger charge is -2.12. The van der Waals surface area contributed by atoms with E-state index in [0.717, 1.165) is 10.5 Å². The van der Waals surface area contributed by atoms with Crippen LogP contribution in [0.15, 0.2) is 66.2 Å². The van der Waals surface area contributed by atoms with Crippen LogP contribution in [0, 0.1) is 6.92 Å². The molecule has 4 nitrogen and oxygen atoms in total. The average molecular weight is 305 g/mol. The molecular weight excluding hydrogens is 290 g/mol. The summed E-state index contributed by atoms with van der Waals surface area (Å²) in [5, 5.41) is 0. The van der Waals surface area contributed by atoms with E-state index in [9.17, 15) is 14.4 Å². The van der Waals surface area contributed by atoms with Crippen LogP contribution in [-0.4, -0.2) is 17.6 Å².